The number of carbonyl (C=O) groups excluding carboxylic acids is 3. The Morgan fingerprint density at radius 2 is 1.86 bits per heavy atom. The Balaban J connectivity index is 1.47. The van der Waals surface area contributed by atoms with E-state index < -0.39 is 11.2 Å². The zero-order chi connectivity index (χ0) is 24.5. The lowest BCUT2D eigenvalue weighted by Gasteiger charge is -2.23. The minimum atomic E-state index is -0.544. The van der Waals surface area contributed by atoms with Crippen LogP contribution >= 0.6 is 23.1 Å². The molecule has 0 saturated carbocycles. The Kier molecular flexibility index (Phi) is 6.67. The molecule has 2 N–H and O–H groups in total. The molecule has 2 atom stereocenters. The van der Waals surface area contributed by atoms with Crippen molar-refractivity contribution in [1.29, 1.82) is 0 Å². The Labute approximate surface area is 212 Å². The third kappa shape index (κ3) is 4.60. The molecule has 2 aromatic carbocycles. The van der Waals surface area contributed by atoms with Gasteiger partial charge < -0.3 is 10.5 Å². The Hall–Kier alpha value is -3.10. The number of fused-ring (bicyclic) bond motifs is 1. The molecule has 2 heterocycles. The van der Waals surface area contributed by atoms with Crippen molar-refractivity contribution >= 4 is 51.6 Å². The first-order valence-electron chi connectivity index (χ1n) is 11.7. The molecule has 5 rings (SSSR count). The molecule has 8 heteroatoms. The third-order valence-electron chi connectivity index (χ3n) is 6.46. The second-order valence-corrected chi connectivity index (χ2v) is 11.1. The number of esters is 1. The van der Waals surface area contributed by atoms with Crippen LogP contribution in [0.5, 0.6) is 0 Å². The first kappa shape index (κ1) is 23.6. The molecule has 2 aliphatic rings. The first-order chi connectivity index (χ1) is 17.0. The van der Waals surface area contributed by atoms with Crippen LogP contribution in [0.1, 0.15) is 52.0 Å². The average molecular weight is 507 g/mol. The number of nitrogens with zero attached hydrogens (tertiary/aromatic N) is 1. The number of rotatable bonds is 6. The van der Waals surface area contributed by atoms with Gasteiger partial charge >= 0.3 is 5.97 Å². The molecule has 180 valence electrons. The van der Waals surface area contributed by atoms with Gasteiger partial charge in [0.25, 0.3) is 0 Å². The molecule has 1 saturated heterocycles. The van der Waals surface area contributed by atoms with Crippen LogP contribution in [0.3, 0.4) is 0 Å². The summed E-state index contributed by atoms with van der Waals surface area (Å²) in [5.74, 6) is -0.704. The minimum Gasteiger partial charge on any atom is -0.462 e. The van der Waals surface area contributed by atoms with Crippen LogP contribution in [0.4, 0.5) is 10.7 Å². The van der Waals surface area contributed by atoms with E-state index in [0.717, 1.165) is 28.2 Å². The number of thioether (sulfide) groups is 1. The Bertz CT molecular complexity index is 1270. The van der Waals surface area contributed by atoms with Gasteiger partial charge in [0, 0.05) is 21.9 Å². The number of nitrogen functional groups attached to an aromatic ring is 1. The van der Waals surface area contributed by atoms with E-state index in [0.29, 0.717) is 28.6 Å². The number of imide groups is 1. The van der Waals surface area contributed by atoms with Crippen LogP contribution in [0, 0.1) is 0 Å². The number of nitrogens with two attached hydrogens (primary N) is 1. The lowest BCUT2D eigenvalue weighted by molar-refractivity contribution is -0.121. The van der Waals surface area contributed by atoms with E-state index in [4.69, 9.17) is 10.5 Å². The average Bonchev–Trinajstić information content (AvgIpc) is 3.36. The third-order valence-corrected chi connectivity index (χ3v) is 8.90. The van der Waals surface area contributed by atoms with E-state index in [-0.39, 0.29) is 24.8 Å². The van der Waals surface area contributed by atoms with Crippen molar-refractivity contribution in [1.82, 2.24) is 0 Å². The Morgan fingerprint density at radius 1 is 1.11 bits per heavy atom. The van der Waals surface area contributed by atoms with Crippen LogP contribution in [-0.4, -0.2) is 29.6 Å². The maximum Gasteiger partial charge on any atom is 0.341 e. The number of hydrogen-bond donors (Lipinski definition) is 1. The number of amides is 2. The van der Waals surface area contributed by atoms with Gasteiger partial charge in [-0.05, 0) is 67.5 Å². The van der Waals surface area contributed by atoms with E-state index in [9.17, 15) is 14.4 Å². The summed E-state index contributed by atoms with van der Waals surface area (Å²) in [6, 6.07) is 17.6. The van der Waals surface area contributed by atoms with E-state index in [2.05, 4.69) is 12.1 Å². The molecular formula is C27H26N2O4S2. The van der Waals surface area contributed by atoms with Gasteiger partial charge in [-0.1, -0.05) is 30.3 Å². The van der Waals surface area contributed by atoms with Gasteiger partial charge in [-0.2, -0.15) is 0 Å². The summed E-state index contributed by atoms with van der Waals surface area (Å²) in [6.45, 7) is 1.99. The highest BCUT2D eigenvalue weighted by molar-refractivity contribution is 8.00. The second kappa shape index (κ2) is 9.87. The maximum atomic E-state index is 13.4. The second-order valence-electron chi connectivity index (χ2n) is 8.70. The van der Waals surface area contributed by atoms with Crippen LogP contribution < -0.4 is 10.6 Å². The molecule has 3 aromatic rings. The number of carbonyl (C=O) groups is 3. The van der Waals surface area contributed by atoms with Gasteiger partial charge in [0.1, 0.15) is 5.00 Å². The molecule has 2 unspecified atom stereocenters. The van der Waals surface area contributed by atoms with Gasteiger partial charge in [-0.15, -0.1) is 23.1 Å². The lowest BCUT2D eigenvalue weighted by atomic mass is 9.83. The zero-order valence-corrected chi connectivity index (χ0v) is 21.0. The van der Waals surface area contributed by atoms with E-state index >= 15 is 0 Å². The molecule has 0 bridgehead atoms. The van der Waals surface area contributed by atoms with E-state index in [1.807, 2.05) is 30.3 Å². The molecule has 1 aromatic heterocycles. The minimum absolute atomic E-state index is 0.0886. The summed E-state index contributed by atoms with van der Waals surface area (Å²) in [6.07, 6.45) is 2.47. The van der Waals surface area contributed by atoms with E-state index in [1.54, 1.807) is 19.1 Å². The van der Waals surface area contributed by atoms with Crippen molar-refractivity contribution in [2.24, 2.45) is 0 Å². The molecule has 0 radical (unpaired) electrons. The van der Waals surface area contributed by atoms with Crippen molar-refractivity contribution in [3.05, 3.63) is 76.2 Å². The molecule has 6 nitrogen and oxygen atoms in total. The fraction of sp³-hybridized carbons (Fsp3) is 0.296. The summed E-state index contributed by atoms with van der Waals surface area (Å²) in [5.41, 5.74) is 8.98. The van der Waals surface area contributed by atoms with Crippen molar-refractivity contribution < 1.29 is 19.1 Å². The van der Waals surface area contributed by atoms with Gasteiger partial charge in [-0.25, -0.2) is 9.69 Å². The SMILES string of the molecule is CCOC(=O)c1c(N2C(=O)CC(Sc3ccc(N)cc3)C2=O)sc2c1CCC(c1ccccc1)C2. The summed E-state index contributed by atoms with van der Waals surface area (Å²) in [5, 5.41) is -0.130. The van der Waals surface area contributed by atoms with Gasteiger partial charge in [0.2, 0.25) is 11.8 Å². The fourth-order valence-corrected chi connectivity index (χ4v) is 7.26. The highest BCUT2D eigenvalue weighted by Crippen LogP contribution is 2.46. The van der Waals surface area contributed by atoms with Crippen LogP contribution in [0.2, 0.25) is 0 Å². The number of benzene rings is 2. The predicted octanol–water partition coefficient (Wildman–Crippen LogP) is 5.20. The smallest absolute Gasteiger partial charge is 0.341 e. The molecule has 1 aliphatic carbocycles. The molecular weight excluding hydrogens is 480 g/mol. The normalized spacial score (nSPS) is 19.6. The van der Waals surface area contributed by atoms with Crippen LogP contribution in [-0.2, 0) is 27.2 Å². The number of ether oxygens (including phenoxy) is 1. The summed E-state index contributed by atoms with van der Waals surface area (Å²) < 4.78 is 5.37. The summed E-state index contributed by atoms with van der Waals surface area (Å²) in [7, 11) is 0. The summed E-state index contributed by atoms with van der Waals surface area (Å²) in [4.78, 5) is 42.7. The number of anilines is 2. The lowest BCUT2D eigenvalue weighted by Crippen LogP contribution is -2.32. The monoisotopic (exact) mass is 506 g/mol. The molecule has 0 spiro atoms. The highest BCUT2D eigenvalue weighted by Gasteiger charge is 2.44. The molecule has 1 fully saturated rings. The predicted molar refractivity (Wildman–Crippen MR) is 139 cm³/mol. The summed E-state index contributed by atoms with van der Waals surface area (Å²) >= 11 is 2.74. The number of thiophene rings is 1. The maximum absolute atomic E-state index is 13.4. The van der Waals surface area contributed by atoms with Crippen molar-refractivity contribution in [3.63, 3.8) is 0 Å². The fourth-order valence-electron chi connectivity index (χ4n) is 4.77. The van der Waals surface area contributed by atoms with Crippen molar-refractivity contribution in [2.75, 3.05) is 17.2 Å². The van der Waals surface area contributed by atoms with Gasteiger partial charge in [0.15, 0.2) is 0 Å². The van der Waals surface area contributed by atoms with Crippen LogP contribution in [0.25, 0.3) is 0 Å². The van der Waals surface area contributed by atoms with Crippen LogP contribution in [0.15, 0.2) is 59.5 Å². The molecule has 1 aliphatic heterocycles. The highest BCUT2D eigenvalue weighted by atomic mass is 32.2. The van der Waals surface area contributed by atoms with Gasteiger partial charge in [-0.3, -0.25) is 9.59 Å². The first-order valence-corrected chi connectivity index (χ1v) is 13.4. The quantitative estimate of drug-likeness (QED) is 0.281. The van der Waals surface area contributed by atoms with Gasteiger partial charge in [0.05, 0.1) is 17.4 Å². The standard InChI is InChI=1S/C27H26N2O4S2/c1-2-33-27(32)24-20-13-8-17(16-6-4-3-5-7-16)14-21(20)35-26(24)29-23(30)15-22(25(29)31)34-19-11-9-18(28)10-12-19/h3-7,9-12,17,22H,2,8,13-15,28H2,1H3. The zero-order valence-electron chi connectivity index (χ0n) is 19.4. The van der Waals surface area contributed by atoms with Crippen molar-refractivity contribution in [3.8, 4) is 0 Å². The Morgan fingerprint density at radius 3 is 2.57 bits per heavy atom. The molecule has 35 heavy (non-hydrogen) atoms. The number of hydrogen-bond acceptors (Lipinski definition) is 7. The van der Waals surface area contributed by atoms with E-state index in [1.165, 1.54) is 33.6 Å². The largest absolute Gasteiger partial charge is 0.462 e. The topological polar surface area (TPSA) is 89.7 Å². The van der Waals surface area contributed by atoms with Crippen molar-refractivity contribution in [2.45, 2.75) is 48.7 Å². The molecule has 2 amide bonds.